The molecule has 0 atom stereocenters. The second-order valence-electron chi connectivity index (χ2n) is 5.60. The van der Waals surface area contributed by atoms with E-state index in [1.165, 1.54) is 0 Å². The van der Waals surface area contributed by atoms with E-state index in [4.69, 9.17) is 16.6 Å². The maximum absolute atomic E-state index is 10.2. The number of benzene rings is 2. The van der Waals surface area contributed by atoms with Gasteiger partial charge in [-0.2, -0.15) is 0 Å². The largest absolute Gasteiger partial charge is 0.507 e. The number of rotatable bonds is 3. The molecule has 2 aromatic carbocycles. The van der Waals surface area contributed by atoms with Crippen molar-refractivity contribution in [2.75, 3.05) is 0 Å². The summed E-state index contributed by atoms with van der Waals surface area (Å²) in [7, 11) is 0. The Morgan fingerprint density at radius 1 is 0.800 bits per heavy atom. The lowest BCUT2D eigenvalue weighted by Gasteiger charge is -2.11. The molecule has 2 nitrogen and oxygen atoms in total. The zero-order chi connectivity index (χ0) is 17.2. The minimum Gasteiger partial charge on any atom is -0.507 e. The van der Waals surface area contributed by atoms with Crippen LogP contribution in [0.2, 0.25) is 5.02 Å². The zero-order valence-corrected chi connectivity index (χ0v) is 14.8. The molecule has 4 rings (SSSR count). The van der Waals surface area contributed by atoms with Gasteiger partial charge < -0.3 is 5.11 Å². The Bertz CT molecular complexity index is 964. The average Bonchev–Trinajstić information content (AvgIpc) is 3.17. The number of phenols is 1. The number of phenolic OH excluding ortho intramolecular Hbond substituents is 1. The topological polar surface area (TPSA) is 33.1 Å². The molecule has 25 heavy (non-hydrogen) atoms. The van der Waals surface area contributed by atoms with Crippen molar-refractivity contribution in [3.63, 3.8) is 0 Å². The van der Waals surface area contributed by atoms with Gasteiger partial charge in [-0.25, -0.2) is 4.98 Å². The number of hydrogen-bond acceptors (Lipinski definition) is 3. The molecule has 0 fully saturated rings. The van der Waals surface area contributed by atoms with E-state index in [1.54, 1.807) is 23.5 Å². The molecule has 4 heteroatoms. The quantitative estimate of drug-likeness (QED) is 0.450. The highest BCUT2D eigenvalue weighted by molar-refractivity contribution is 7.13. The smallest absolute Gasteiger partial charge is 0.124 e. The van der Waals surface area contributed by atoms with E-state index in [9.17, 15) is 5.11 Å². The van der Waals surface area contributed by atoms with Gasteiger partial charge >= 0.3 is 0 Å². The predicted molar refractivity (Wildman–Crippen MR) is 105 cm³/mol. The van der Waals surface area contributed by atoms with E-state index in [1.807, 2.05) is 60.0 Å². The molecule has 122 valence electrons. The maximum atomic E-state index is 10.2. The highest BCUT2D eigenvalue weighted by Gasteiger charge is 2.13. The molecule has 0 spiro atoms. The Labute approximate surface area is 155 Å². The van der Waals surface area contributed by atoms with E-state index < -0.39 is 0 Å². The summed E-state index contributed by atoms with van der Waals surface area (Å²) in [5.41, 5.74) is 4.14. The summed E-state index contributed by atoms with van der Waals surface area (Å²) >= 11 is 8.05. The fourth-order valence-electron chi connectivity index (χ4n) is 2.75. The summed E-state index contributed by atoms with van der Waals surface area (Å²) in [5, 5.41) is 12.9. The Morgan fingerprint density at radius 2 is 1.48 bits per heavy atom. The summed E-state index contributed by atoms with van der Waals surface area (Å²) < 4.78 is 0. The van der Waals surface area contributed by atoms with Gasteiger partial charge in [0.05, 0.1) is 11.4 Å². The van der Waals surface area contributed by atoms with Gasteiger partial charge in [0.25, 0.3) is 0 Å². The average molecular weight is 364 g/mol. The van der Waals surface area contributed by atoms with Crippen LogP contribution in [0.3, 0.4) is 0 Å². The van der Waals surface area contributed by atoms with Crippen molar-refractivity contribution in [1.82, 2.24) is 4.98 Å². The summed E-state index contributed by atoms with van der Waals surface area (Å²) in [6, 6.07) is 23.0. The first-order valence-electron chi connectivity index (χ1n) is 7.81. The third kappa shape index (κ3) is 3.16. The van der Waals surface area contributed by atoms with Gasteiger partial charge in [-0.05, 0) is 47.3 Å². The molecule has 2 aromatic heterocycles. The molecule has 2 heterocycles. The number of pyridine rings is 1. The van der Waals surface area contributed by atoms with Crippen molar-refractivity contribution in [3.8, 4) is 38.7 Å². The molecule has 1 N–H and O–H groups in total. The lowest BCUT2D eigenvalue weighted by Crippen LogP contribution is -1.91. The molecule has 0 aliphatic rings. The Kier molecular flexibility index (Phi) is 4.26. The molecule has 0 radical (unpaired) electrons. The minimum absolute atomic E-state index is 0.212. The second kappa shape index (κ2) is 6.71. The molecule has 0 aliphatic carbocycles. The summed E-state index contributed by atoms with van der Waals surface area (Å²) in [6.07, 6.45) is 0. The SMILES string of the molecule is Oc1ccccc1-c1cc(-c2cccs2)cc(-c2ccccc2Cl)n1. The molecule has 0 saturated heterocycles. The number of hydrogen-bond donors (Lipinski definition) is 1. The Balaban J connectivity index is 1.96. The van der Waals surface area contributed by atoms with E-state index in [0.29, 0.717) is 10.6 Å². The number of aromatic hydroxyl groups is 1. The predicted octanol–water partition coefficient (Wildman–Crippen LogP) is 6.50. The van der Waals surface area contributed by atoms with E-state index in [-0.39, 0.29) is 5.75 Å². The van der Waals surface area contributed by atoms with Crippen LogP contribution in [0.5, 0.6) is 5.75 Å². The van der Waals surface area contributed by atoms with Crippen molar-refractivity contribution in [1.29, 1.82) is 0 Å². The Morgan fingerprint density at radius 3 is 2.16 bits per heavy atom. The third-order valence-corrected chi connectivity index (χ3v) is 5.21. The maximum Gasteiger partial charge on any atom is 0.124 e. The van der Waals surface area contributed by atoms with Gasteiger partial charge in [0.2, 0.25) is 0 Å². The summed E-state index contributed by atoms with van der Waals surface area (Å²) in [5.74, 6) is 0.212. The van der Waals surface area contributed by atoms with Gasteiger partial charge in [0, 0.05) is 21.0 Å². The zero-order valence-electron chi connectivity index (χ0n) is 13.2. The molecule has 0 aliphatic heterocycles. The second-order valence-corrected chi connectivity index (χ2v) is 6.96. The lowest BCUT2D eigenvalue weighted by molar-refractivity contribution is 0.477. The fourth-order valence-corrected chi connectivity index (χ4v) is 3.70. The molecule has 0 bridgehead atoms. The number of para-hydroxylation sites is 1. The van der Waals surface area contributed by atoms with Crippen LogP contribution in [-0.2, 0) is 0 Å². The standard InChI is InChI=1S/C21H14ClNOS/c22-17-8-3-1-6-15(17)18-12-14(21-10-5-11-25-21)13-19(23-18)16-7-2-4-9-20(16)24/h1-13,24H. The number of nitrogens with zero attached hydrogens (tertiary/aromatic N) is 1. The molecule has 4 aromatic rings. The number of aromatic nitrogens is 1. The normalized spacial score (nSPS) is 10.8. The van der Waals surface area contributed by atoms with E-state index in [2.05, 4.69) is 6.07 Å². The van der Waals surface area contributed by atoms with Crippen LogP contribution in [0.1, 0.15) is 0 Å². The Hall–Kier alpha value is -2.62. The lowest BCUT2D eigenvalue weighted by atomic mass is 10.0. The van der Waals surface area contributed by atoms with Crippen LogP contribution >= 0.6 is 22.9 Å². The van der Waals surface area contributed by atoms with Crippen LogP contribution in [0, 0.1) is 0 Å². The molecular weight excluding hydrogens is 350 g/mol. The highest BCUT2D eigenvalue weighted by atomic mass is 35.5. The van der Waals surface area contributed by atoms with E-state index >= 15 is 0 Å². The minimum atomic E-state index is 0.212. The van der Waals surface area contributed by atoms with Crippen molar-refractivity contribution in [3.05, 3.63) is 83.2 Å². The van der Waals surface area contributed by atoms with Crippen LogP contribution in [-0.4, -0.2) is 10.1 Å². The van der Waals surface area contributed by atoms with Gasteiger partial charge in [0.15, 0.2) is 0 Å². The first-order valence-corrected chi connectivity index (χ1v) is 9.07. The van der Waals surface area contributed by atoms with Crippen molar-refractivity contribution < 1.29 is 5.11 Å². The summed E-state index contributed by atoms with van der Waals surface area (Å²) in [6.45, 7) is 0. The molecule has 0 amide bonds. The van der Waals surface area contributed by atoms with Crippen molar-refractivity contribution >= 4 is 22.9 Å². The monoisotopic (exact) mass is 363 g/mol. The fraction of sp³-hybridized carbons (Fsp3) is 0. The van der Waals surface area contributed by atoms with Crippen molar-refractivity contribution in [2.45, 2.75) is 0 Å². The molecular formula is C21H14ClNOS. The van der Waals surface area contributed by atoms with Crippen LogP contribution in [0.25, 0.3) is 33.0 Å². The van der Waals surface area contributed by atoms with Gasteiger partial charge in [-0.1, -0.05) is 48.0 Å². The first kappa shape index (κ1) is 15.9. The first-order chi connectivity index (χ1) is 12.2. The third-order valence-electron chi connectivity index (χ3n) is 3.96. The van der Waals surface area contributed by atoms with Gasteiger partial charge in [-0.3, -0.25) is 0 Å². The van der Waals surface area contributed by atoms with Gasteiger partial charge in [0.1, 0.15) is 5.75 Å². The number of halogens is 1. The van der Waals surface area contributed by atoms with Crippen LogP contribution in [0.15, 0.2) is 78.2 Å². The molecule has 0 unspecified atom stereocenters. The van der Waals surface area contributed by atoms with Crippen LogP contribution < -0.4 is 0 Å². The highest BCUT2D eigenvalue weighted by Crippen LogP contribution is 2.36. The number of thiophene rings is 1. The summed E-state index contributed by atoms with van der Waals surface area (Å²) in [4.78, 5) is 5.91. The molecule has 0 saturated carbocycles. The van der Waals surface area contributed by atoms with Crippen molar-refractivity contribution in [2.24, 2.45) is 0 Å². The van der Waals surface area contributed by atoms with Crippen LogP contribution in [0.4, 0.5) is 0 Å². The van der Waals surface area contributed by atoms with E-state index in [0.717, 1.165) is 27.4 Å². The van der Waals surface area contributed by atoms with Gasteiger partial charge in [-0.15, -0.1) is 11.3 Å².